The fraction of sp³-hybridized carbons (Fsp3) is 0.500. The third-order valence-corrected chi connectivity index (χ3v) is 4.37. The lowest BCUT2D eigenvalue weighted by molar-refractivity contribution is -0.137. The molecule has 0 spiro atoms. The summed E-state index contributed by atoms with van der Waals surface area (Å²) in [7, 11) is -3.29. The van der Waals surface area contributed by atoms with Gasteiger partial charge in [-0.2, -0.15) is 0 Å². The molecule has 0 aliphatic heterocycles. The molecule has 0 saturated heterocycles. The number of sulfonamides is 1. The summed E-state index contributed by atoms with van der Waals surface area (Å²) in [6.07, 6.45) is 1.51. The predicted molar refractivity (Wildman–Crippen MR) is 79.4 cm³/mol. The van der Waals surface area contributed by atoms with Gasteiger partial charge in [-0.3, -0.25) is 9.52 Å². The van der Waals surface area contributed by atoms with Crippen LogP contribution in [0.25, 0.3) is 0 Å². The van der Waals surface area contributed by atoms with E-state index in [4.69, 9.17) is 5.11 Å². The molecule has 20 heavy (non-hydrogen) atoms. The fourth-order valence-corrected chi connectivity index (χ4v) is 3.09. The second kappa shape index (κ2) is 7.28. The van der Waals surface area contributed by atoms with Crippen LogP contribution in [0.3, 0.4) is 0 Å². The first-order valence-electron chi connectivity index (χ1n) is 6.66. The van der Waals surface area contributed by atoms with Gasteiger partial charge in [0.2, 0.25) is 10.0 Å². The van der Waals surface area contributed by atoms with Gasteiger partial charge in [0.1, 0.15) is 0 Å². The highest BCUT2D eigenvalue weighted by Gasteiger charge is 2.12. The number of hydrogen-bond donors (Lipinski definition) is 2. The van der Waals surface area contributed by atoms with Crippen molar-refractivity contribution in [2.45, 2.75) is 39.0 Å². The molecule has 6 heteroatoms. The average Bonchev–Trinajstić information content (AvgIpc) is 2.36. The Balaban J connectivity index is 2.69. The number of nitrogens with one attached hydrogen (secondary N) is 1. The van der Waals surface area contributed by atoms with Crippen LogP contribution in [0.5, 0.6) is 0 Å². The Labute approximate surface area is 120 Å². The zero-order valence-corrected chi connectivity index (χ0v) is 12.6. The van der Waals surface area contributed by atoms with Gasteiger partial charge < -0.3 is 5.11 Å². The Morgan fingerprint density at radius 1 is 1.30 bits per heavy atom. The van der Waals surface area contributed by atoms with Gasteiger partial charge in [0, 0.05) is 5.69 Å². The second-order valence-corrected chi connectivity index (χ2v) is 6.74. The third kappa shape index (κ3) is 5.61. The molecule has 1 aromatic rings. The zero-order valence-electron chi connectivity index (χ0n) is 11.8. The molecule has 1 aromatic carbocycles. The summed E-state index contributed by atoms with van der Waals surface area (Å²) in [6, 6.07) is 6.84. The van der Waals surface area contributed by atoms with Gasteiger partial charge in [-0.25, -0.2) is 8.42 Å². The van der Waals surface area contributed by atoms with Gasteiger partial charge in [0.15, 0.2) is 0 Å². The van der Waals surface area contributed by atoms with Crippen molar-refractivity contribution in [1.29, 1.82) is 0 Å². The molecule has 0 saturated carbocycles. The molecule has 0 aromatic heterocycles. The third-order valence-electron chi connectivity index (χ3n) is 3.00. The number of anilines is 1. The fourth-order valence-electron chi connectivity index (χ4n) is 1.82. The van der Waals surface area contributed by atoms with E-state index in [9.17, 15) is 13.2 Å². The van der Waals surface area contributed by atoms with Crippen LogP contribution in [0.4, 0.5) is 5.69 Å². The van der Waals surface area contributed by atoms with Crippen molar-refractivity contribution in [3.05, 3.63) is 29.8 Å². The molecule has 0 fully saturated rings. The van der Waals surface area contributed by atoms with E-state index in [0.717, 1.165) is 12.0 Å². The molecule has 1 rings (SSSR count). The Bertz CT molecular complexity index is 537. The Hall–Kier alpha value is -1.56. The lowest BCUT2D eigenvalue weighted by Crippen LogP contribution is -2.16. The number of carboxylic acids is 1. The Morgan fingerprint density at radius 2 is 1.90 bits per heavy atom. The van der Waals surface area contributed by atoms with Gasteiger partial charge in [-0.1, -0.05) is 32.4 Å². The van der Waals surface area contributed by atoms with Crippen molar-refractivity contribution in [2.75, 3.05) is 10.5 Å². The van der Waals surface area contributed by atoms with Gasteiger partial charge in [0.05, 0.1) is 12.2 Å². The van der Waals surface area contributed by atoms with Crippen LogP contribution in [0, 0.1) is 0 Å². The monoisotopic (exact) mass is 299 g/mol. The summed E-state index contributed by atoms with van der Waals surface area (Å²) < 4.78 is 26.0. The number of carbonyl (C=O) groups is 1. The van der Waals surface area contributed by atoms with Crippen LogP contribution in [0.1, 0.15) is 44.6 Å². The molecule has 2 N–H and O–H groups in total. The number of hydrogen-bond acceptors (Lipinski definition) is 3. The maximum absolute atomic E-state index is 11.7. The average molecular weight is 299 g/mol. The van der Waals surface area contributed by atoms with E-state index >= 15 is 0 Å². The molecule has 5 nitrogen and oxygen atoms in total. The van der Waals surface area contributed by atoms with Crippen LogP contribution in [0.15, 0.2) is 24.3 Å². The van der Waals surface area contributed by atoms with Crippen LogP contribution < -0.4 is 4.72 Å². The highest BCUT2D eigenvalue weighted by Crippen LogP contribution is 2.21. The van der Waals surface area contributed by atoms with Crippen molar-refractivity contribution in [3.8, 4) is 0 Å². The molecular weight excluding hydrogens is 278 g/mol. The molecule has 1 unspecified atom stereocenters. The number of benzene rings is 1. The van der Waals surface area contributed by atoms with Gasteiger partial charge in [0.25, 0.3) is 0 Å². The van der Waals surface area contributed by atoms with E-state index in [1.807, 2.05) is 13.8 Å². The van der Waals surface area contributed by atoms with Crippen molar-refractivity contribution in [1.82, 2.24) is 0 Å². The van der Waals surface area contributed by atoms with Crippen molar-refractivity contribution >= 4 is 21.7 Å². The van der Waals surface area contributed by atoms with E-state index in [-0.39, 0.29) is 18.1 Å². The van der Waals surface area contributed by atoms with E-state index in [0.29, 0.717) is 12.1 Å². The lowest BCUT2D eigenvalue weighted by Gasteiger charge is -2.11. The maximum Gasteiger partial charge on any atom is 0.303 e. The Kier molecular flexibility index (Phi) is 6.01. The summed E-state index contributed by atoms with van der Waals surface area (Å²) in [5, 5.41) is 8.74. The largest absolute Gasteiger partial charge is 0.481 e. The lowest BCUT2D eigenvalue weighted by atomic mass is 9.98. The number of aliphatic carboxylic acids is 1. The summed E-state index contributed by atoms with van der Waals surface area (Å²) in [6.45, 7) is 3.77. The van der Waals surface area contributed by atoms with Gasteiger partial charge >= 0.3 is 5.97 Å². The highest BCUT2D eigenvalue weighted by molar-refractivity contribution is 7.92. The van der Waals surface area contributed by atoms with Crippen LogP contribution >= 0.6 is 0 Å². The molecular formula is C14H21NO4S. The van der Waals surface area contributed by atoms with Crippen molar-refractivity contribution < 1.29 is 18.3 Å². The standard InChI is InChI=1S/C14H21NO4S/c1-3-4-9-20(18,19)15-13-7-5-12(6-8-13)11(2)10-14(16)17/h5-8,11,15H,3-4,9-10H2,1-2H3,(H,16,17). The molecule has 0 amide bonds. The minimum atomic E-state index is -3.29. The predicted octanol–water partition coefficient (Wildman–Crippen LogP) is 2.81. The normalized spacial score (nSPS) is 12.9. The summed E-state index contributed by atoms with van der Waals surface area (Å²) in [5.41, 5.74) is 1.39. The maximum atomic E-state index is 11.7. The van der Waals surface area contributed by atoms with E-state index < -0.39 is 16.0 Å². The van der Waals surface area contributed by atoms with Crippen molar-refractivity contribution in [3.63, 3.8) is 0 Å². The summed E-state index contributed by atoms with van der Waals surface area (Å²) >= 11 is 0. The van der Waals surface area contributed by atoms with E-state index in [1.54, 1.807) is 24.3 Å². The first kappa shape index (κ1) is 16.5. The topological polar surface area (TPSA) is 83.5 Å². The van der Waals surface area contributed by atoms with E-state index in [2.05, 4.69) is 4.72 Å². The zero-order chi connectivity index (χ0) is 15.2. The first-order chi connectivity index (χ1) is 9.34. The minimum Gasteiger partial charge on any atom is -0.481 e. The molecule has 0 heterocycles. The number of unbranched alkanes of at least 4 members (excludes halogenated alkanes) is 1. The van der Waals surface area contributed by atoms with Gasteiger partial charge in [-0.05, 0) is 30.0 Å². The smallest absolute Gasteiger partial charge is 0.303 e. The van der Waals surface area contributed by atoms with Crippen molar-refractivity contribution in [2.24, 2.45) is 0 Å². The first-order valence-corrected chi connectivity index (χ1v) is 8.31. The summed E-state index contributed by atoms with van der Waals surface area (Å²) in [4.78, 5) is 10.6. The quantitative estimate of drug-likeness (QED) is 0.773. The summed E-state index contributed by atoms with van der Waals surface area (Å²) in [5.74, 6) is -0.833. The molecule has 0 bridgehead atoms. The number of carboxylic acid groups (broad SMARTS) is 1. The molecule has 112 valence electrons. The van der Waals surface area contributed by atoms with Crippen LogP contribution in [-0.2, 0) is 14.8 Å². The number of rotatable bonds is 8. The Morgan fingerprint density at radius 3 is 2.40 bits per heavy atom. The molecule has 0 aliphatic rings. The molecule has 0 aliphatic carbocycles. The minimum absolute atomic E-state index is 0.0571. The van der Waals surface area contributed by atoms with Crippen LogP contribution in [-0.4, -0.2) is 25.2 Å². The van der Waals surface area contributed by atoms with Crippen LogP contribution in [0.2, 0.25) is 0 Å². The van der Waals surface area contributed by atoms with Gasteiger partial charge in [-0.15, -0.1) is 0 Å². The second-order valence-electron chi connectivity index (χ2n) is 4.90. The molecule has 0 radical (unpaired) electrons. The molecule has 1 atom stereocenters. The van der Waals surface area contributed by atoms with E-state index in [1.165, 1.54) is 0 Å². The SMILES string of the molecule is CCCCS(=O)(=O)Nc1ccc(C(C)CC(=O)O)cc1. The highest BCUT2D eigenvalue weighted by atomic mass is 32.2.